The third-order valence-corrected chi connectivity index (χ3v) is 4.19. The van der Waals surface area contributed by atoms with E-state index in [1.165, 1.54) is 58.0 Å². The highest BCUT2D eigenvalue weighted by Crippen LogP contribution is 2.23. The van der Waals surface area contributed by atoms with Gasteiger partial charge in [-0.1, -0.05) is 59.6 Å². The molecule has 0 N–H and O–H groups in total. The van der Waals surface area contributed by atoms with E-state index in [0.717, 1.165) is 12.0 Å². The van der Waals surface area contributed by atoms with Crippen LogP contribution in [0.4, 0.5) is 0 Å². The summed E-state index contributed by atoms with van der Waals surface area (Å²) < 4.78 is 0. The Labute approximate surface area is 142 Å². The summed E-state index contributed by atoms with van der Waals surface area (Å²) in [5.41, 5.74) is 1.68. The van der Waals surface area contributed by atoms with Crippen LogP contribution in [0.2, 0.25) is 0 Å². The predicted octanol–water partition coefficient (Wildman–Crippen LogP) is 7.08. The first kappa shape index (κ1) is 24.0. The molecule has 0 atom stereocenters. The van der Waals surface area contributed by atoms with Gasteiger partial charge in [-0.3, -0.25) is 0 Å². The standard InChI is InChI=1S/C9H16.C8H17N.2C2H6/c2*1-8(2)9-6-4-3-5-7-9;2*1-2/h6,8H,3-5,7H2,1-2H3;8H,3-7H2,1-2H3;2*1-2H3. The van der Waals surface area contributed by atoms with Crippen LogP contribution in [-0.4, -0.2) is 24.0 Å². The van der Waals surface area contributed by atoms with Crippen molar-refractivity contribution in [3.8, 4) is 0 Å². The van der Waals surface area contributed by atoms with Gasteiger partial charge in [0, 0.05) is 6.04 Å². The van der Waals surface area contributed by atoms with Crippen LogP contribution in [0, 0.1) is 5.92 Å². The third kappa shape index (κ3) is 12.3. The van der Waals surface area contributed by atoms with Crippen molar-refractivity contribution in [2.24, 2.45) is 5.92 Å². The van der Waals surface area contributed by atoms with E-state index >= 15 is 0 Å². The van der Waals surface area contributed by atoms with Gasteiger partial charge < -0.3 is 4.90 Å². The lowest BCUT2D eigenvalue weighted by Gasteiger charge is -2.29. The second-order valence-corrected chi connectivity index (χ2v) is 6.37. The van der Waals surface area contributed by atoms with Crippen molar-refractivity contribution in [3.63, 3.8) is 0 Å². The van der Waals surface area contributed by atoms with Crippen LogP contribution in [0.1, 0.15) is 100 Å². The van der Waals surface area contributed by atoms with Crippen molar-refractivity contribution < 1.29 is 0 Å². The van der Waals surface area contributed by atoms with Crippen molar-refractivity contribution in [1.82, 2.24) is 4.90 Å². The number of likely N-dealkylation sites (tertiary alicyclic amines) is 1. The highest BCUT2D eigenvalue weighted by molar-refractivity contribution is 5.06. The molecule has 0 bridgehead atoms. The van der Waals surface area contributed by atoms with Gasteiger partial charge in [0.2, 0.25) is 0 Å². The molecule has 1 saturated heterocycles. The van der Waals surface area contributed by atoms with Gasteiger partial charge in [0.15, 0.2) is 0 Å². The van der Waals surface area contributed by atoms with Crippen LogP contribution >= 0.6 is 0 Å². The molecule has 0 radical (unpaired) electrons. The maximum Gasteiger partial charge on any atom is 0.00385 e. The first-order valence-electron chi connectivity index (χ1n) is 10.0. The van der Waals surface area contributed by atoms with Crippen LogP contribution in [-0.2, 0) is 0 Å². The molecule has 1 fully saturated rings. The summed E-state index contributed by atoms with van der Waals surface area (Å²) >= 11 is 0. The van der Waals surface area contributed by atoms with Crippen molar-refractivity contribution in [3.05, 3.63) is 11.6 Å². The maximum atomic E-state index is 2.56. The summed E-state index contributed by atoms with van der Waals surface area (Å²) in [7, 11) is 0. The smallest absolute Gasteiger partial charge is 0.00385 e. The van der Waals surface area contributed by atoms with Crippen LogP contribution in [0.5, 0.6) is 0 Å². The summed E-state index contributed by atoms with van der Waals surface area (Å²) in [4.78, 5) is 2.56. The summed E-state index contributed by atoms with van der Waals surface area (Å²) in [5, 5.41) is 0. The highest BCUT2D eigenvalue weighted by Gasteiger charge is 2.11. The average Bonchev–Trinajstić information content (AvgIpc) is 2.60. The van der Waals surface area contributed by atoms with E-state index in [1.807, 2.05) is 27.7 Å². The Morgan fingerprint density at radius 2 is 1.32 bits per heavy atom. The van der Waals surface area contributed by atoms with E-state index in [4.69, 9.17) is 0 Å². The Morgan fingerprint density at radius 1 is 0.773 bits per heavy atom. The van der Waals surface area contributed by atoms with Gasteiger partial charge in [-0.2, -0.15) is 0 Å². The first-order valence-corrected chi connectivity index (χ1v) is 10.0. The Kier molecular flexibility index (Phi) is 18.6. The zero-order valence-corrected chi connectivity index (χ0v) is 17.0. The molecule has 134 valence electrons. The van der Waals surface area contributed by atoms with Gasteiger partial charge >= 0.3 is 0 Å². The van der Waals surface area contributed by atoms with Crippen LogP contribution in [0.25, 0.3) is 0 Å². The fourth-order valence-electron chi connectivity index (χ4n) is 2.82. The fraction of sp³-hybridized carbons (Fsp3) is 0.905. The number of rotatable bonds is 2. The zero-order chi connectivity index (χ0) is 17.4. The quantitative estimate of drug-likeness (QED) is 0.493. The highest BCUT2D eigenvalue weighted by atomic mass is 15.1. The molecular weight excluding hydrogens is 266 g/mol. The van der Waals surface area contributed by atoms with Gasteiger partial charge in [0.05, 0.1) is 0 Å². The van der Waals surface area contributed by atoms with Crippen molar-refractivity contribution in [2.45, 2.75) is 106 Å². The van der Waals surface area contributed by atoms with Crippen molar-refractivity contribution in [1.29, 1.82) is 0 Å². The average molecular weight is 312 g/mol. The third-order valence-electron chi connectivity index (χ3n) is 4.19. The van der Waals surface area contributed by atoms with Crippen LogP contribution < -0.4 is 0 Å². The number of piperidine rings is 1. The number of hydrogen-bond acceptors (Lipinski definition) is 1. The molecule has 1 heterocycles. The molecule has 0 aromatic carbocycles. The van der Waals surface area contributed by atoms with E-state index in [2.05, 4.69) is 38.7 Å². The summed E-state index contributed by atoms with van der Waals surface area (Å²) in [6.07, 6.45) is 12.2. The molecule has 0 aromatic rings. The molecule has 2 rings (SSSR count). The zero-order valence-electron chi connectivity index (χ0n) is 17.0. The molecule has 2 aliphatic rings. The summed E-state index contributed by atoms with van der Waals surface area (Å²) in [6, 6.07) is 0.769. The monoisotopic (exact) mass is 311 g/mol. The molecule has 0 aromatic heterocycles. The Hall–Kier alpha value is -0.300. The fourth-order valence-corrected chi connectivity index (χ4v) is 2.82. The molecule has 22 heavy (non-hydrogen) atoms. The summed E-state index contributed by atoms with van der Waals surface area (Å²) in [5.74, 6) is 0.797. The number of nitrogens with zero attached hydrogens (tertiary/aromatic N) is 1. The largest absolute Gasteiger partial charge is 0.301 e. The molecule has 1 aliphatic heterocycles. The van der Waals surface area contributed by atoms with E-state index in [0.29, 0.717) is 0 Å². The van der Waals surface area contributed by atoms with Crippen LogP contribution in [0.15, 0.2) is 11.6 Å². The van der Waals surface area contributed by atoms with Crippen LogP contribution in [0.3, 0.4) is 0 Å². The van der Waals surface area contributed by atoms with Crippen molar-refractivity contribution >= 4 is 0 Å². The van der Waals surface area contributed by atoms with Gasteiger partial charge in [-0.25, -0.2) is 0 Å². The van der Waals surface area contributed by atoms with Gasteiger partial charge in [-0.05, 0) is 71.4 Å². The molecule has 0 saturated carbocycles. The normalized spacial score (nSPS) is 18.2. The lowest BCUT2D eigenvalue weighted by atomic mass is 9.92. The molecule has 0 unspecified atom stereocenters. The topological polar surface area (TPSA) is 3.24 Å². The van der Waals surface area contributed by atoms with Gasteiger partial charge in [0.25, 0.3) is 0 Å². The minimum Gasteiger partial charge on any atom is -0.301 e. The lowest BCUT2D eigenvalue weighted by Crippen LogP contribution is -2.35. The minimum atomic E-state index is 0.769. The van der Waals surface area contributed by atoms with Crippen molar-refractivity contribution in [2.75, 3.05) is 13.1 Å². The van der Waals surface area contributed by atoms with E-state index in [1.54, 1.807) is 5.57 Å². The molecule has 0 spiro atoms. The molecule has 1 nitrogen and oxygen atoms in total. The van der Waals surface area contributed by atoms with Gasteiger partial charge in [0.1, 0.15) is 0 Å². The van der Waals surface area contributed by atoms with E-state index in [9.17, 15) is 0 Å². The number of hydrogen-bond donors (Lipinski definition) is 0. The number of allylic oxidation sites excluding steroid dienone is 2. The Morgan fingerprint density at radius 3 is 1.59 bits per heavy atom. The maximum absolute atomic E-state index is 2.56. The Balaban J connectivity index is 0. The second-order valence-electron chi connectivity index (χ2n) is 6.37. The van der Waals surface area contributed by atoms with E-state index in [-0.39, 0.29) is 0 Å². The SMILES string of the molecule is CC.CC.CC(C)C1=CCCCC1.CC(C)N1CCCCC1. The first-order chi connectivity index (χ1) is 10.6. The Bertz CT molecular complexity index is 234. The summed E-state index contributed by atoms with van der Waals surface area (Å²) in [6.45, 7) is 19.8. The van der Waals surface area contributed by atoms with Gasteiger partial charge in [-0.15, -0.1) is 0 Å². The lowest BCUT2D eigenvalue weighted by molar-refractivity contribution is 0.185. The minimum absolute atomic E-state index is 0.769. The molecule has 1 aliphatic carbocycles. The molecule has 1 heteroatoms. The second kappa shape index (κ2) is 17.1. The van der Waals surface area contributed by atoms with E-state index < -0.39 is 0 Å². The predicted molar refractivity (Wildman–Crippen MR) is 105 cm³/mol. The molecule has 0 amide bonds. The molecular formula is C21H45N.